The fourth-order valence-corrected chi connectivity index (χ4v) is 2.71. The molecule has 1 aromatic heterocycles. The Balaban J connectivity index is 1.92. The zero-order valence-electron chi connectivity index (χ0n) is 12.9. The summed E-state index contributed by atoms with van der Waals surface area (Å²) < 4.78 is 2.27. The predicted octanol–water partition coefficient (Wildman–Crippen LogP) is 4.99. The number of nitrogens with zero attached hydrogens (tertiary/aromatic N) is 1. The van der Waals surface area contributed by atoms with Crippen LogP contribution in [0.2, 0.25) is 0 Å². The van der Waals surface area contributed by atoms with Crippen LogP contribution in [-0.4, -0.2) is 4.57 Å². The molecule has 0 fully saturated rings. The highest BCUT2D eigenvalue weighted by Gasteiger charge is 2.07. The highest BCUT2D eigenvalue weighted by atomic mass is 15.0. The zero-order chi connectivity index (χ0) is 15.2. The number of fused-ring (bicyclic) bond motifs is 3. The number of para-hydroxylation sites is 2. The number of benzene rings is 2. The van der Waals surface area contributed by atoms with Gasteiger partial charge >= 0.3 is 0 Å². The van der Waals surface area contributed by atoms with Gasteiger partial charge in [-0.25, -0.2) is 0 Å². The fourth-order valence-electron chi connectivity index (χ4n) is 2.71. The molecule has 0 spiro atoms. The Morgan fingerprint density at radius 2 is 1.41 bits per heavy atom. The summed E-state index contributed by atoms with van der Waals surface area (Å²) in [6, 6.07) is 17.0. The van der Waals surface area contributed by atoms with Crippen LogP contribution in [0.25, 0.3) is 21.8 Å². The third-order valence-corrected chi connectivity index (χ3v) is 3.81. The van der Waals surface area contributed by atoms with E-state index in [1.807, 2.05) is 0 Å². The van der Waals surface area contributed by atoms with Gasteiger partial charge in [-0.05, 0) is 30.4 Å². The van der Waals surface area contributed by atoms with Crippen molar-refractivity contribution in [1.29, 1.82) is 0 Å². The molecule has 0 saturated carbocycles. The van der Waals surface area contributed by atoms with Crippen molar-refractivity contribution in [2.24, 2.45) is 0 Å². The van der Waals surface area contributed by atoms with Crippen molar-refractivity contribution in [3.05, 3.63) is 48.5 Å². The summed E-state index contributed by atoms with van der Waals surface area (Å²) in [4.78, 5) is 0. The second kappa shape index (κ2) is 6.88. The molecule has 1 nitrogen and oxygen atoms in total. The smallest absolute Gasteiger partial charge is 0.0853 e. The summed E-state index contributed by atoms with van der Waals surface area (Å²) in [5.74, 6) is 12.2. The first-order valence-corrected chi connectivity index (χ1v) is 7.83. The Bertz CT molecular complexity index is 854. The Kier molecular flexibility index (Phi) is 4.47. The van der Waals surface area contributed by atoms with E-state index in [9.17, 15) is 0 Å². The molecule has 0 aliphatic rings. The predicted molar refractivity (Wildman–Crippen MR) is 94.5 cm³/mol. The van der Waals surface area contributed by atoms with Crippen molar-refractivity contribution < 1.29 is 0 Å². The maximum atomic E-state index is 3.19. The molecule has 0 amide bonds. The van der Waals surface area contributed by atoms with Gasteiger partial charge in [-0.3, -0.25) is 0 Å². The lowest BCUT2D eigenvalue weighted by Gasteiger charge is -2.01. The van der Waals surface area contributed by atoms with E-state index in [2.05, 4.69) is 83.7 Å². The van der Waals surface area contributed by atoms with Crippen LogP contribution in [0.1, 0.15) is 26.2 Å². The van der Waals surface area contributed by atoms with Crippen LogP contribution < -0.4 is 0 Å². The van der Waals surface area contributed by atoms with E-state index in [1.54, 1.807) is 0 Å². The van der Waals surface area contributed by atoms with E-state index in [0.29, 0.717) is 6.54 Å². The molecular weight excluding hydrogens is 266 g/mol. The average molecular weight is 285 g/mol. The number of hydrogen-bond donors (Lipinski definition) is 0. The van der Waals surface area contributed by atoms with Crippen LogP contribution in [0.15, 0.2) is 48.5 Å². The summed E-state index contributed by atoms with van der Waals surface area (Å²) in [5, 5.41) is 2.57. The van der Waals surface area contributed by atoms with Gasteiger partial charge in [-0.1, -0.05) is 61.6 Å². The van der Waals surface area contributed by atoms with Gasteiger partial charge in [0.1, 0.15) is 0 Å². The molecule has 0 atom stereocenters. The minimum Gasteiger partial charge on any atom is -0.329 e. The Labute approximate surface area is 131 Å². The van der Waals surface area contributed by atoms with Gasteiger partial charge < -0.3 is 4.57 Å². The molecule has 3 rings (SSSR count). The number of unbranched alkanes of at least 4 members (excludes halogenated alkanes) is 2. The first kappa shape index (κ1) is 14.3. The summed E-state index contributed by atoms with van der Waals surface area (Å²) in [6.07, 6.45) is 3.28. The van der Waals surface area contributed by atoms with Crippen molar-refractivity contribution >= 4 is 21.8 Å². The van der Waals surface area contributed by atoms with Gasteiger partial charge in [-0.15, -0.1) is 0 Å². The summed E-state index contributed by atoms with van der Waals surface area (Å²) >= 11 is 0. The highest BCUT2D eigenvalue weighted by Crippen LogP contribution is 2.28. The number of aromatic nitrogens is 1. The van der Waals surface area contributed by atoms with Gasteiger partial charge in [0.2, 0.25) is 0 Å². The highest BCUT2D eigenvalue weighted by molar-refractivity contribution is 6.08. The molecule has 0 N–H and O–H groups in total. The maximum absolute atomic E-state index is 3.19. The first-order chi connectivity index (χ1) is 10.9. The normalized spacial score (nSPS) is 10.0. The van der Waals surface area contributed by atoms with Crippen molar-refractivity contribution in [3.63, 3.8) is 0 Å². The molecule has 0 saturated heterocycles. The molecule has 22 heavy (non-hydrogen) atoms. The van der Waals surface area contributed by atoms with E-state index in [4.69, 9.17) is 0 Å². The van der Waals surface area contributed by atoms with Gasteiger partial charge in [0, 0.05) is 28.2 Å². The third kappa shape index (κ3) is 2.85. The monoisotopic (exact) mass is 285 g/mol. The van der Waals surface area contributed by atoms with E-state index in [0.717, 1.165) is 12.8 Å². The topological polar surface area (TPSA) is 4.93 Å². The van der Waals surface area contributed by atoms with Crippen LogP contribution in [0.3, 0.4) is 0 Å². The van der Waals surface area contributed by atoms with Crippen molar-refractivity contribution in [2.45, 2.75) is 32.7 Å². The zero-order valence-corrected chi connectivity index (χ0v) is 12.9. The summed E-state index contributed by atoms with van der Waals surface area (Å²) in [7, 11) is 0. The van der Waals surface area contributed by atoms with Gasteiger partial charge in [0.05, 0.1) is 6.54 Å². The van der Waals surface area contributed by atoms with E-state index in [1.165, 1.54) is 28.2 Å². The summed E-state index contributed by atoms with van der Waals surface area (Å²) in [6.45, 7) is 2.85. The molecule has 2 aromatic carbocycles. The minimum atomic E-state index is 0.677. The minimum absolute atomic E-state index is 0.677. The quantitative estimate of drug-likeness (QED) is 0.472. The molecule has 1 heteroatoms. The van der Waals surface area contributed by atoms with E-state index in [-0.39, 0.29) is 0 Å². The van der Waals surface area contributed by atoms with Crippen molar-refractivity contribution in [2.75, 3.05) is 0 Å². The second-order valence-corrected chi connectivity index (χ2v) is 5.33. The Morgan fingerprint density at radius 3 is 2.05 bits per heavy atom. The Morgan fingerprint density at radius 1 is 0.818 bits per heavy atom. The van der Waals surface area contributed by atoms with Crippen LogP contribution in [0.5, 0.6) is 0 Å². The fraction of sp³-hybridized carbons (Fsp3) is 0.238. The van der Waals surface area contributed by atoms with Gasteiger partial charge in [-0.2, -0.15) is 0 Å². The largest absolute Gasteiger partial charge is 0.329 e. The lowest BCUT2D eigenvalue weighted by atomic mass is 10.2. The third-order valence-electron chi connectivity index (χ3n) is 3.81. The molecular formula is C21H19N. The molecule has 0 unspecified atom stereocenters. The lowest BCUT2D eigenvalue weighted by Crippen LogP contribution is -1.94. The Hall–Kier alpha value is -2.64. The van der Waals surface area contributed by atoms with Gasteiger partial charge in [0.15, 0.2) is 0 Å². The molecule has 0 aliphatic carbocycles. The SMILES string of the molecule is CCCCC#CC#CCn1c2ccccc2c2ccccc21. The molecule has 3 aromatic rings. The van der Waals surface area contributed by atoms with Crippen molar-refractivity contribution in [3.8, 4) is 23.7 Å². The summed E-state index contributed by atoms with van der Waals surface area (Å²) in [5.41, 5.74) is 2.47. The molecule has 0 bridgehead atoms. The van der Waals surface area contributed by atoms with Crippen LogP contribution in [0, 0.1) is 23.7 Å². The molecule has 0 aliphatic heterocycles. The standard InChI is InChI=1S/C21H19N/c1-2-3-4-5-6-7-12-17-22-20-15-10-8-13-18(20)19-14-9-11-16-21(19)22/h8-11,13-16H,2-4,17H2,1H3. The molecule has 1 heterocycles. The number of hydrogen-bond acceptors (Lipinski definition) is 0. The van der Waals surface area contributed by atoms with Crippen molar-refractivity contribution in [1.82, 2.24) is 4.57 Å². The maximum Gasteiger partial charge on any atom is 0.0853 e. The average Bonchev–Trinajstić information content (AvgIpc) is 2.89. The van der Waals surface area contributed by atoms with Crippen LogP contribution >= 0.6 is 0 Å². The van der Waals surface area contributed by atoms with E-state index < -0.39 is 0 Å². The molecule has 108 valence electrons. The molecule has 0 radical (unpaired) electrons. The van der Waals surface area contributed by atoms with Gasteiger partial charge in [0.25, 0.3) is 0 Å². The van der Waals surface area contributed by atoms with Crippen LogP contribution in [-0.2, 0) is 6.54 Å². The number of rotatable bonds is 3. The first-order valence-electron chi connectivity index (χ1n) is 7.83. The van der Waals surface area contributed by atoms with E-state index >= 15 is 0 Å². The lowest BCUT2D eigenvalue weighted by molar-refractivity contribution is 0.828. The van der Waals surface area contributed by atoms with Crippen LogP contribution in [0.4, 0.5) is 0 Å². The second-order valence-electron chi connectivity index (χ2n) is 5.33.